The molecular formula is C18H22N4O2S. The molecule has 2 heterocycles. The van der Waals surface area contributed by atoms with Crippen LogP contribution in [0, 0.1) is 19.8 Å². The third-order valence-electron chi connectivity index (χ3n) is 4.53. The van der Waals surface area contributed by atoms with Gasteiger partial charge in [-0.05, 0) is 31.0 Å². The maximum Gasteiger partial charge on any atom is 0.231 e. The number of amides is 2. The maximum absolute atomic E-state index is 12.5. The van der Waals surface area contributed by atoms with E-state index in [4.69, 9.17) is 0 Å². The van der Waals surface area contributed by atoms with E-state index in [2.05, 4.69) is 15.5 Å². The van der Waals surface area contributed by atoms with Gasteiger partial charge in [0.15, 0.2) is 0 Å². The largest absolute Gasteiger partial charge is 0.311 e. The number of aryl methyl sites for hydroxylation is 1. The van der Waals surface area contributed by atoms with Gasteiger partial charge in [0.25, 0.3) is 0 Å². The Morgan fingerprint density at radius 2 is 2.08 bits per heavy atom. The number of carbonyl (C=O) groups is 2. The molecule has 0 radical (unpaired) electrons. The Hall–Kier alpha value is -2.28. The number of nitrogens with one attached hydrogen (secondary N) is 1. The lowest BCUT2D eigenvalue weighted by Crippen LogP contribution is -2.28. The SMILES string of the molecule is Cc1cccc(N2CC(C(=O)Nc3nnc(C(C)C)s3)CC2=O)c1C. The van der Waals surface area contributed by atoms with E-state index >= 15 is 0 Å². The number of nitrogens with zero attached hydrogens (tertiary/aromatic N) is 3. The van der Waals surface area contributed by atoms with Crippen LogP contribution in [0.1, 0.15) is 42.3 Å². The van der Waals surface area contributed by atoms with E-state index in [0.717, 1.165) is 21.8 Å². The Bertz CT molecular complexity index is 815. The summed E-state index contributed by atoms with van der Waals surface area (Å²) >= 11 is 1.38. The second-order valence-corrected chi connectivity index (χ2v) is 7.72. The van der Waals surface area contributed by atoms with Crippen LogP contribution in [-0.2, 0) is 9.59 Å². The Balaban J connectivity index is 1.71. The van der Waals surface area contributed by atoms with Crippen LogP contribution < -0.4 is 10.2 Å². The topological polar surface area (TPSA) is 75.2 Å². The molecule has 132 valence electrons. The summed E-state index contributed by atoms with van der Waals surface area (Å²) in [7, 11) is 0. The molecule has 0 bridgehead atoms. The molecule has 2 aromatic rings. The summed E-state index contributed by atoms with van der Waals surface area (Å²) in [5, 5.41) is 12.3. The summed E-state index contributed by atoms with van der Waals surface area (Å²) in [5.74, 6) is -0.295. The van der Waals surface area contributed by atoms with Gasteiger partial charge in [-0.3, -0.25) is 9.59 Å². The second-order valence-electron chi connectivity index (χ2n) is 6.71. The fraction of sp³-hybridized carbons (Fsp3) is 0.444. The summed E-state index contributed by atoms with van der Waals surface area (Å²) in [6.45, 7) is 8.48. The molecule has 25 heavy (non-hydrogen) atoms. The zero-order valence-corrected chi connectivity index (χ0v) is 15.7. The number of rotatable bonds is 4. The van der Waals surface area contributed by atoms with Crippen molar-refractivity contribution in [3.05, 3.63) is 34.3 Å². The minimum Gasteiger partial charge on any atom is -0.311 e. The predicted octanol–water partition coefficient (Wildman–Crippen LogP) is 3.27. The molecule has 0 aliphatic carbocycles. The Morgan fingerprint density at radius 3 is 2.76 bits per heavy atom. The lowest BCUT2D eigenvalue weighted by atomic mass is 10.1. The quantitative estimate of drug-likeness (QED) is 0.910. The summed E-state index contributed by atoms with van der Waals surface area (Å²) < 4.78 is 0. The van der Waals surface area contributed by atoms with Crippen LogP contribution >= 0.6 is 11.3 Å². The average Bonchev–Trinajstić information content (AvgIpc) is 3.17. The van der Waals surface area contributed by atoms with Crippen molar-refractivity contribution in [1.29, 1.82) is 0 Å². The van der Waals surface area contributed by atoms with E-state index < -0.39 is 0 Å². The van der Waals surface area contributed by atoms with Gasteiger partial charge in [-0.25, -0.2) is 0 Å². The smallest absolute Gasteiger partial charge is 0.231 e. The highest BCUT2D eigenvalue weighted by atomic mass is 32.1. The van der Waals surface area contributed by atoms with Gasteiger partial charge in [0, 0.05) is 24.6 Å². The number of hydrogen-bond donors (Lipinski definition) is 1. The summed E-state index contributed by atoms with van der Waals surface area (Å²) in [4.78, 5) is 26.7. The van der Waals surface area contributed by atoms with Crippen molar-refractivity contribution in [3.63, 3.8) is 0 Å². The molecule has 0 saturated carbocycles. The first-order valence-corrected chi connectivity index (χ1v) is 9.19. The number of carbonyl (C=O) groups excluding carboxylic acids is 2. The van der Waals surface area contributed by atoms with Crippen molar-refractivity contribution >= 4 is 34.0 Å². The molecule has 1 fully saturated rings. The minimum atomic E-state index is -0.376. The number of hydrogen-bond acceptors (Lipinski definition) is 5. The van der Waals surface area contributed by atoms with Crippen LogP contribution in [0.3, 0.4) is 0 Å². The highest BCUT2D eigenvalue weighted by molar-refractivity contribution is 7.15. The van der Waals surface area contributed by atoms with Gasteiger partial charge in [0.2, 0.25) is 16.9 Å². The van der Waals surface area contributed by atoms with Gasteiger partial charge < -0.3 is 10.2 Å². The Kier molecular flexibility index (Phi) is 4.85. The molecule has 2 amide bonds. The maximum atomic E-state index is 12.5. The van der Waals surface area contributed by atoms with Gasteiger partial charge in [-0.2, -0.15) is 0 Å². The van der Waals surface area contributed by atoms with Crippen LogP contribution in [-0.4, -0.2) is 28.6 Å². The summed E-state index contributed by atoms with van der Waals surface area (Å²) in [5.41, 5.74) is 3.09. The van der Waals surface area contributed by atoms with Gasteiger partial charge in [-0.1, -0.05) is 37.3 Å². The molecule has 0 spiro atoms. The fourth-order valence-corrected chi connectivity index (χ4v) is 3.62. The van der Waals surface area contributed by atoms with Crippen molar-refractivity contribution in [2.24, 2.45) is 5.92 Å². The van der Waals surface area contributed by atoms with Crippen molar-refractivity contribution in [2.45, 2.75) is 40.0 Å². The first kappa shape index (κ1) is 17.5. The molecule has 1 aliphatic heterocycles. The lowest BCUT2D eigenvalue weighted by Gasteiger charge is -2.20. The first-order valence-electron chi connectivity index (χ1n) is 8.37. The van der Waals surface area contributed by atoms with Crippen LogP contribution in [0.15, 0.2) is 18.2 Å². The standard InChI is InChI=1S/C18H22N4O2S/c1-10(2)17-20-21-18(25-17)19-16(24)13-8-15(23)22(9-13)14-7-5-6-11(3)12(14)4/h5-7,10,13H,8-9H2,1-4H3,(H,19,21,24). The highest BCUT2D eigenvalue weighted by Crippen LogP contribution is 2.30. The normalized spacial score (nSPS) is 17.4. The van der Waals surface area contributed by atoms with Gasteiger partial charge in [-0.15, -0.1) is 10.2 Å². The Labute approximate surface area is 151 Å². The molecule has 3 rings (SSSR count). The molecular weight excluding hydrogens is 336 g/mol. The number of benzene rings is 1. The van der Waals surface area contributed by atoms with Crippen molar-refractivity contribution in [2.75, 3.05) is 16.8 Å². The molecule has 1 N–H and O–H groups in total. The van der Waals surface area contributed by atoms with Crippen LogP contribution in [0.2, 0.25) is 0 Å². The van der Waals surface area contributed by atoms with Crippen LogP contribution in [0.5, 0.6) is 0 Å². The molecule has 1 atom stereocenters. The van der Waals surface area contributed by atoms with Crippen molar-refractivity contribution in [1.82, 2.24) is 10.2 Å². The molecule has 1 saturated heterocycles. The molecule has 1 aromatic carbocycles. The van der Waals surface area contributed by atoms with Crippen molar-refractivity contribution < 1.29 is 9.59 Å². The minimum absolute atomic E-state index is 0.0195. The molecule has 1 aliphatic rings. The highest BCUT2D eigenvalue weighted by Gasteiger charge is 2.36. The van der Waals surface area contributed by atoms with Gasteiger partial charge in [0.05, 0.1) is 5.92 Å². The van der Waals surface area contributed by atoms with Gasteiger partial charge >= 0.3 is 0 Å². The van der Waals surface area contributed by atoms with E-state index in [9.17, 15) is 9.59 Å². The molecule has 7 heteroatoms. The first-order chi connectivity index (χ1) is 11.9. The average molecular weight is 358 g/mol. The zero-order valence-electron chi connectivity index (χ0n) is 14.9. The summed E-state index contributed by atoms with van der Waals surface area (Å²) in [6.07, 6.45) is 0.217. The monoisotopic (exact) mass is 358 g/mol. The predicted molar refractivity (Wildman–Crippen MR) is 99.0 cm³/mol. The number of aromatic nitrogens is 2. The van der Waals surface area contributed by atoms with Gasteiger partial charge in [0.1, 0.15) is 5.01 Å². The van der Waals surface area contributed by atoms with E-state index in [1.165, 1.54) is 11.3 Å². The Morgan fingerprint density at radius 1 is 1.32 bits per heavy atom. The fourth-order valence-electron chi connectivity index (χ4n) is 2.87. The summed E-state index contributed by atoms with van der Waals surface area (Å²) in [6, 6.07) is 5.89. The van der Waals surface area contributed by atoms with Crippen LogP contribution in [0.25, 0.3) is 0 Å². The van der Waals surface area contributed by atoms with E-state index in [1.54, 1.807) is 4.90 Å². The molecule has 6 nitrogen and oxygen atoms in total. The van der Waals surface area contributed by atoms with Crippen molar-refractivity contribution in [3.8, 4) is 0 Å². The van der Waals surface area contributed by atoms with Crippen LogP contribution in [0.4, 0.5) is 10.8 Å². The zero-order chi connectivity index (χ0) is 18.1. The van der Waals surface area contributed by atoms with E-state index in [1.807, 2.05) is 45.9 Å². The van der Waals surface area contributed by atoms with E-state index in [0.29, 0.717) is 11.7 Å². The molecule has 1 unspecified atom stereocenters. The van der Waals surface area contributed by atoms with E-state index in [-0.39, 0.29) is 30.1 Å². The third kappa shape index (κ3) is 3.56. The third-order valence-corrected chi connectivity index (χ3v) is 5.67. The molecule has 1 aromatic heterocycles. The second kappa shape index (κ2) is 6.92. The lowest BCUT2D eigenvalue weighted by molar-refractivity contribution is -0.122. The number of anilines is 2.